The number of benzene rings is 2. The van der Waals surface area contributed by atoms with Crippen LogP contribution in [0, 0.1) is 0 Å². The topological polar surface area (TPSA) is 47.6 Å². The van der Waals surface area contributed by atoms with Crippen LogP contribution in [-0.2, 0) is 4.74 Å². The van der Waals surface area contributed by atoms with Crippen LogP contribution in [0.15, 0.2) is 46.9 Å². The van der Waals surface area contributed by atoms with E-state index in [9.17, 15) is 4.79 Å². The number of nitrogens with one attached hydrogen (secondary N) is 1. The first-order chi connectivity index (χ1) is 10.6. The van der Waals surface area contributed by atoms with Crippen molar-refractivity contribution in [1.82, 2.24) is 0 Å². The Bertz CT molecular complexity index is 646. The molecule has 4 nitrogen and oxygen atoms in total. The minimum atomic E-state index is -0.202. The molecule has 2 rings (SSSR count). The highest BCUT2D eigenvalue weighted by Crippen LogP contribution is 2.26. The number of hydrogen-bond acceptors (Lipinski definition) is 3. The summed E-state index contributed by atoms with van der Waals surface area (Å²) in [4.78, 5) is 12.2. The van der Waals surface area contributed by atoms with E-state index in [0.717, 1.165) is 0 Å². The van der Waals surface area contributed by atoms with Gasteiger partial charge in [0.25, 0.3) is 5.91 Å². The third kappa shape index (κ3) is 4.73. The van der Waals surface area contributed by atoms with Gasteiger partial charge in [0.1, 0.15) is 12.4 Å². The average Bonchev–Trinajstić information content (AvgIpc) is 2.51. The van der Waals surface area contributed by atoms with Crippen molar-refractivity contribution in [3.05, 3.63) is 57.5 Å². The van der Waals surface area contributed by atoms with Gasteiger partial charge in [-0.2, -0.15) is 0 Å². The second-order valence-electron chi connectivity index (χ2n) is 4.45. The van der Waals surface area contributed by atoms with Crippen molar-refractivity contribution in [2.75, 3.05) is 25.6 Å². The van der Waals surface area contributed by atoms with E-state index < -0.39 is 0 Å². The number of hydrogen-bond donors (Lipinski definition) is 1. The molecule has 0 spiro atoms. The van der Waals surface area contributed by atoms with Gasteiger partial charge in [-0.3, -0.25) is 4.79 Å². The van der Waals surface area contributed by atoms with E-state index in [1.165, 1.54) is 0 Å². The molecule has 0 heterocycles. The number of amides is 1. The standard InChI is InChI=1S/C16H15BrClNO3/c1-21-8-9-22-15-7-2-11(10-14(15)17)16(20)19-13-5-3-12(18)4-6-13/h2-7,10H,8-9H2,1H3,(H,19,20). The fourth-order valence-electron chi connectivity index (χ4n) is 1.73. The Balaban J connectivity index is 2.03. The highest BCUT2D eigenvalue weighted by atomic mass is 79.9. The Labute approximate surface area is 142 Å². The summed E-state index contributed by atoms with van der Waals surface area (Å²) in [6.07, 6.45) is 0. The van der Waals surface area contributed by atoms with E-state index in [2.05, 4.69) is 21.2 Å². The zero-order chi connectivity index (χ0) is 15.9. The van der Waals surface area contributed by atoms with Crippen LogP contribution in [0.3, 0.4) is 0 Å². The molecule has 0 unspecified atom stereocenters. The van der Waals surface area contributed by atoms with E-state index in [1.54, 1.807) is 49.6 Å². The van der Waals surface area contributed by atoms with Crippen molar-refractivity contribution in [2.45, 2.75) is 0 Å². The summed E-state index contributed by atoms with van der Waals surface area (Å²) >= 11 is 9.21. The quantitative estimate of drug-likeness (QED) is 0.752. The summed E-state index contributed by atoms with van der Waals surface area (Å²) in [5, 5.41) is 3.43. The molecule has 0 fully saturated rings. The summed E-state index contributed by atoms with van der Waals surface area (Å²) < 4.78 is 11.2. The zero-order valence-electron chi connectivity index (χ0n) is 11.9. The van der Waals surface area contributed by atoms with Crippen molar-refractivity contribution >= 4 is 39.1 Å². The van der Waals surface area contributed by atoms with Gasteiger partial charge in [-0.1, -0.05) is 11.6 Å². The molecular formula is C16H15BrClNO3. The van der Waals surface area contributed by atoms with Crippen molar-refractivity contribution in [3.63, 3.8) is 0 Å². The van der Waals surface area contributed by atoms with Crippen LogP contribution < -0.4 is 10.1 Å². The van der Waals surface area contributed by atoms with Gasteiger partial charge in [0.15, 0.2) is 0 Å². The van der Waals surface area contributed by atoms with Crippen LogP contribution >= 0.6 is 27.5 Å². The monoisotopic (exact) mass is 383 g/mol. The smallest absolute Gasteiger partial charge is 0.255 e. The second kappa shape index (κ2) is 8.17. The minimum absolute atomic E-state index is 0.202. The maximum atomic E-state index is 12.2. The number of methoxy groups -OCH3 is 1. The first-order valence-corrected chi connectivity index (χ1v) is 7.75. The number of anilines is 1. The molecule has 1 N–H and O–H groups in total. The van der Waals surface area contributed by atoms with Crippen molar-refractivity contribution in [1.29, 1.82) is 0 Å². The molecule has 0 bridgehead atoms. The van der Waals surface area contributed by atoms with Crippen LogP contribution in [0.2, 0.25) is 5.02 Å². The van der Waals surface area contributed by atoms with E-state index in [1.807, 2.05) is 0 Å². The summed E-state index contributed by atoms with van der Waals surface area (Å²) in [7, 11) is 1.61. The summed E-state index contributed by atoms with van der Waals surface area (Å²) in [5.74, 6) is 0.464. The van der Waals surface area contributed by atoms with Gasteiger partial charge < -0.3 is 14.8 Å². The second-order valence-corrected chi connectivity index (χ2v) is 5.74. The molecule has 116 valence electrons. The minimum Gasteiger partial charge on any atom is -0.490 e. The number of carbonyl (C=O) groups excluding carboxylic acids is 1. The van der Waals surface area contributed by atoms with Gasteiger partial charge in [0.2, 0.25) is 0 Å². The number of rotatable bonds is 6. The maximum absolute atomic E-state index is 12.2. The van der Waals surface area contributed by atoms with Crippen LogP contribution in [0.5, 0.6) is 5.75 Å². The lowest BCUT2D eigenvalue weighted by Crippen LogP contribution is -2.12. The Morgan fingerprint density at radius 1 is 1.18 bits per heavy atom. The van der Waals surface area contributed by atoms with Crippen molar-refractivity contribution in [3.8, 4) is 5.75 Å². The van der Waals surface area contributed by atoms with Crippen LogP contribution in [0.25, 0.3) is 0 Å². The molecule has 1 amide bonds. The van der Waals surface area contributed by atoms with Gasteiger partial charge in [0.05, 0.1) is 11.1 Å². The van der Waals surface area contributed by atoms with Crippen LogP contribution in [-0.4, -0.2) is 26.2 Å². The Hall–Kier alpha value is -1.56. The van der Waals surface area contributed by atoms with E-state index in [4.69, 9.17) is 21.1 Å². The fourth-order valence-corrected chi connectivity index (χ4v) is 2.35. The Kier molecular flexibility index (Phi) is 6.24. The lowest BCUT2D eigenvalue weighted by Gasteiger charge is -2.10. The molecule has 0 saturated heterocycles. The number of halogens is 2. The van der Waals surface area contributed by atoms with Gasteiger partial charge in [-0.25, -0.2) is 0 Å². The van der Waals surface area contributed by atoms with Gasteiger partial charge in [0, 0.05) is 23.4 Å². The number of carbonyl (C=O) groups is 1. The molecule has 2 aromatic carbocycles. The molecule has 22 heavy (non-hydrogen) atoms. The summed E-state index contributed by atoms with van der Waals surface area (Å²) in [6, 6.07) is 12.1. The Morgan fingerprint density at radius 2 is 1.91 bits per heavy atom. The molecule has 0 aliphatic rings. The maximum Gasteiger partial charge on any atom is 0.255 e. The normalized spacial score (nSPS) is 10.3. The third-order valence-electron chi connectivity index (χ3n) is 2.84. The average molecular weight is 385 g/mol. The molecule has 0 aromatic heterocycles. The number of ether oxygens (including phenoxy) is 2. The van der Waals surface area contributed by atoms with Crippen LogP contribution in [0.1, 0.15) is 10.4 Å². The fraction of sp³-hybridized carbons (Fsp3) is 0.188. The summed E-state index contributed by atoms with van der Waals surface area (Å²) in [5.41, 5.74) is 1.21. The third-order valence-corrected chi connectivity index (χ3v) is 3.71. The molecule has 2 aromatic rings. The van der Waals surface area contributed by atoms with E-state index >= 15 is 0 Å². The molecule has 0 atom stereocenters. The predicted octanol–water partition coefficient (Wildman–Crippen LogP) is 4.38. The molecule has 0 radical (unpaired) electrons. The molecule has 0 aliphatic heterocycles. The Morgan fingerprint density at radius 3 is 2.55 bits per heavy atom. The van der Waals surface area contributed by atoms with E-state index in [-0.39, 0.29) is 5.91 Å². The molecular weight excluding hydrogens is 370 g/mol. The van der Waals surface area contributed by atoms with Gasteiger partial charge in [-0.15, -0.1) is 0 Å². The SMILES string of the molecule is COCCOc1ccc(C(=O)Nc2ccc(Cl)cc2)cc1Br. The van der Waals surface area contributed by atoms with Gasteiger partial charge in [-0.05, 0) is 58.4 Å². The summed E-state index contributed by atoms with van der Waals surface area (Å²) in [6.45, 7) is 0.955. The highest BCUT2D eigenvalue weighted by molar-refractivity contribution is 9.10. The molecule has 0 aliphatic carbocycles. The lowest BCUT2D eigenvalue weighted by atomic mass is 10.2. The first kappa shape index (κ1) is 16.8. The van der Waals surface area contributed by atoms with Crippen molar-refractivity contribution in [2.24, 2.45) is 0 Å². The van der Waals surface area contributed by atoms with Crippen molar-refractivity contribution < 1.29 is 14.3 Å². The lowest BCUT2D eigenvalue weighted by molar-refractivity contribution is 0.102. The highest BCUT2D eigenvalue weighted by Gasteiger charge is 2.09. The predicted molar refractivity (Wildman–Crippen MR) is 90.9 cm³/mol. The van der Waals surface area contributed by atoms with Gasteiger partial charge >= 0.3 is 0 Å². The zero-order valence-corrected chi connectivity index (χ0v) is 14.3. The molecule has 6 heteroatoms. The first-order valence-electron chi connectivity index (χ1n) is 6.58. The molecule has 0 saturated carbocycles. The van der Waals surface area contributed by atoms with E-state index in [0.29, 0.717) is 39.7 Å². The van der Waals surface area contributed by atoms with Crippen LogP contribution in [0.4, 0.5) is 5.69 Å². The largest absolute Gasteiger partial charge is 0.490 e.